The number of carbonyl (C=O) groups excluding carboxylic acids is 1. The topological polar surface area (TPSA) is 29.5 Å². The number of hydrogen-bond acceptors (Lipinski definition) is 2. The molecule has 0 saturated carbocycles. The minimum atomic E-state index is -0.178. The van der Waals surface area contributed by atoms with Crippen molar-refractivity contribution in [3.63, 3.8) is 0 Å². The molecule has 2 fully saturated rings. The molecule has 2 aliphatic heterocycles. The molecule has 3 heteroatoms. The summed E-state index contributed by atoms with van der Waals surface area (Å²) in [6, 6.07) is 0. The van der Waals surface area contributed by atoms with Crippen LogP contribution in [-0.4, -0.2) is 36.1 Å². The quantitative estimate of drug-likeness (QED) is 0.726. The molecule has 1 spiro atoms. The monoisotopic (exact) mass is 277 g/mol. The van der Waals surface area contributed by atoms with Crippen molar-refractivity contribution in [1.29, 1.82) is 0 Å². The van der Waals surface area contributed by atoms with Crippen LogP contribution in [0.3, 0.4) is 0 Å². The first kappa shape index (κ1) is 14.1. The van der Waals surface area contributed by atoms with Crippen LogP contribution in [0.4, 0.5) is 0 Å². The maximum Gasteiger partial charge on any atom is 0.228 e. The molecule has 0 aromatic rings. The molecule has 3 atom stereocenters. The molecule has 1 amide bonds. The predicted octanol–water partition coefficient (Wildman–Crippen LogP) is 3.15. The first-order valence-electron chi connectivity index (χ1n) is 8.15. The average Bonchev–Trinajstić information content (AvgIpc) is 3.06. The van der Waals surface area contributed by atoms with Crippen LogP contribution in [0.15, 0.2) is 12.2 Å². The van der Waals surface area contributed by atoms with Crippen molar-refractivity contribution in [2.45, 2.75) is 58.0 Å². The van der Waals surface area contributed by atoms with Gasteiger partial charge in [-0.3, -0.25) is 4.79 Å². The molecule has 0 aromatic carbocycles. The van der Waals surface area contributed by atoms with Crippen LogP contribution in [0, 0.1) is 11.3 Å². The minimum Gasteiger partial charge on any atom is -0.373 e. The first-order valence-corrected chi connectivity index (χ1v) is 8.15. The Morgan fingerprint density at radius 3 is 2.90 bits per heavy atom. The Labute approximate surface area is 122 Å². The van der Waals surface area contributed by atoms with Crippen LogP contribution >= 0.6 is 0 Å². The van der Waals surface area contributed by atoms with Gasteiger partial charge in [0.2, 0.25) is 5.91 Å². The smallest absolute Gasteiger partial charge is 0.228 e. The van der Waals surface area contributed by atoms with Crippen molar-refractivity contribution in [3.8, 4) is 0 Å². The Kier molecular flexibility index (Phi) is 3.65. The second kappa shape index (κ2) is 5.18. The second-order valence-corrected chi connectivity index (χ2v) is 7.22. The molecule has 0 radical (unpaired) electrons. The summed E-state index contributed by atoms with van der Waals surface area (Å²) in [7, 11) is 0. The van der Waals surface area contributed by atoms with Crippen molar-refractivity contribution in [3.05, 3.63) is 12.2 Å². The normalized spacial score (nSPS) is 40.7. The van der Waals surface area contributed by atoms with E-state index < -0.39 is 0 Å². The average molecular weight is 277 g/mol. The molecule has 1 aliphatic carbocycles. The second-order valence-electron chi connectivity index (χ2n) is 7.22. The molecule has 2 saturated heterocycles. The van der Waals surface area contributed by atoms with Crippen LogP contribution in [0.1, 0.15) is 52.4 Å². The highest BCUT2D eigenvalue weighted by atomic mass is 16.5. The van der Waals surface area contributed by atoms with E-state index in [1.54, 1.807) is 0 Å². The van der Waals surface area contributed by atoms with E-state index in [1.807, 2.05) is 0 Å². The van der Waals surface area contributed by atoms with Crippen molar-refractivity contribution in [1.82, 2.24) is 4.90 Å². The van der Waals surface area contributed by atoms with Crippen LogP contribution in [0.2, 0.25) is 0 Å². The number of hydrogen-bond donors (Lipinski definition) is 0. The minimum absolute atomic E-state index is 0.0167. The summed E-state index contributed by atoms with van der Waals surface area (Å²) in [4.78, 5) is 14.9. The van der Waals surface area contributed by atoms with E-state index in [2.05, 4.69) is 30.9 Å². The van der Waals surface area contributed by atoms with Crippen molar-refractivity contribution < 1.29 is 9.53 Å². The number of allylic oxidation sites excluding steroid dienone is 2. The van der Waals surface area contributed by atoms with Crippen LogP contribution in [-0.2, 0) is 9.53 Å². The lowest BCUT2D eigenvalue weighted by Gasteiger charge is -2.34. The van der Waals surface area contributed by atoms with Gasteiger partial charge in [0.25, 0.3) is 0 Å². The first-order chi connectivity index (χ1) is 9.57. The van der Waals surface area contributed by atoms with E-state index in [9.17, 15) is 4.79 Å². The molecule has 3 nitrogen and oxygen atoms in total. The molecule has 2 heterocycles. The fraction of sp³-hybridized carbons (Fsp3) is 0.824. The van der Waals surface area contributed by atoms with Gasteiger partial charge in [0.1, 0.15) is 0 Å². The lowest BCUT2D eigenvalue weighted by molar-refractivity contribution is -0.141. The molecule has 3 rings (SSSR count). The zero-order valence-electron chi connectivity index (χ0n) is 12.9. The fourth-order valence-electron chi connectivity index (χ4n) is 4.04. The van der Waals surface area contributed by atoms with Gasteiger partial charge in [0.15, 0.2) is 0 Å². The van der Waals surface area contributed by atoms with Gasteiger partial charge in [0, 0.05) is 13.1 Å². The molecule has 0 N–H and O–H groups in total. The Bertz CT molecular complexity index is 419. The molecular formula is C17H27NO2. The lowest BCUT2D eigenvalue weighted by atomic mass is 9.77. The van der Waals surface area contributed by atoms with Gasteiger partial charge in [-0.1, -0.05) is 32.4 Å². The Hall–Kier alpha value is -0.830. The van der Waals surface area contributed by atoms with E-state index in [4.69, 9.17) is 4.74 Å². The van der Waals surface area contributed by atoms with Crippen molar-refractivity contribution in [2.24, 2.45) is 11.3 Å². The summed E-state index contributed by atoms with van der Waals surface area (Å²) < 4.78 is 6.10. The fourth-order valence-corrected chi connectivity index (χ4v) is 4.04. The lowest BCUT2D eigenvalue weighted by Crippen LogP contribution is -2.43. The van der Waals surface area contributed by atoms with E-state index in [1.165, 1.54) is 6.42 Å². The molecule has 0 aromatic heterocycles. The largest absolute Gasteiger partial charge is 0.373 e. The van der Waals surface area contributed by atoms with Crippen molar-refractivity contribution in [2.75, 3.05) is 19.7 Å². The van der Waals surface area contributed by atoms with E-state index in [0.29, 0.717) is 11.8 Å². The van der Waals surface area contributed by atoms with Gasteiger partial charge in [-0.15, -0.1) is 0 Å². The maximum absolute atomic E-state index is 12.8. The Morgan fingerprint density at radius 2 is 2.25 bits per heavy atom. The van der Waals surface area contributed by atoms with Gasteiger partial charge >= 0.3 is 0 Å². The molecule has 112 valence electrons. The van der Waals surface area contributed by atoms with E-state index >= 15 is 0 Å². The highest BCUT2D eigenvalue weighted by Crippen LogP contribution is 2.41. The summed E-state index contributed by atoms with van der Waals surface area (Å²) in [6.07, 6.45) is 10.7. The molecule has 3 aliphatic rings. The summed E-state index contributed by atoms with van der Waals surface area (Å²) >= 11 is 0. The third-order valence-corrected chi connectivity index (χ3v) is 5.58. The number of likely N-dealkylation sites (tertiary alicyclic amines) is 1. The van der Waals surface area contributed by atoms with Crippen molar-refractivity contribution >= 4 is 5.91 Å². The van der Waals surface area contributed by atoms with Crippen LogP contribution < -0.4 is 0 Å². The Morgan fingerprint density at radius 1 is 1.40 bits per heavy atom. The van der Waals surface area contributed by atoms with E-state index in [0.717, 1.165) is 51.8 Å². The van der Waals surface area contributed by atoms with Crippen LogP contribution in [0.5, 0.6) is 0 Å². The maximum atomic E-state index is 12.8. The number of carbonyl (C=O) groups is 1. The number of ether oxygens (including phenoxy) is 1. The van der Waals surface area contributed by atoms with Gasteiger partial charge in [-0.2, -0.15) is 0 Å². The van der Waals surface area contributed by atoms with Gasteiger partial charge < -0.3 is 9.64 Å². The SMILES string of the molecule is CCC1COC2(CCN(C(=O)C3(C)CC=CCC3)C2)C1. The molecule has 20 heavy (non-hydrogen) atoms. The molecular weight excluding hydrogens is 250 g/mol. The van der Waals surface area contributed by atoms with E-state index in [-0.39, 0.29) is 11.0 Å². The Balaban J connectivity index is 1.65. The summed E-state index contributed by atoms with van der Waals surface area (Å²) in [5, 5.41) is 0. The number of nitrogens with zero attached hydrogens (tertiary/aromatic N) is 1. The molecule has 0 bridgehead atoms. The number of amides is 1. The summed E-state index contributed by atoms with van der Waals surface area (Å²) in [6.45, 7) is 6.96. The zero-order chi connectivity index (χ0) is 14.2. The van der Waals surface area contributed by atoms with Crippen LogP contribution in [0.25, 0.3) is 0 Å². The highest BCUT2D eigenvalue weighted by molar-refractivity contribution is 5.83. The third kappa shape index (κ3) is 2.41. The standard InChI is InChI=1S/C17H27NO2/c1-3-14-11-17(20-12-14)9-10-18(13-17)15(19)16(2)7-5-4-6-8-16/h4-5,14H,3,6-13H2,1-2H3. The van der Waals surface area contributed by atoms with Gasteiger partial charge in [-0.25, -0.2) is 0 Å². The van der Waals surface area contributed by atoms with Gasteiger partial charge in [-0.05, 0) is 38.0 Å². The van der Waals surface area contributed by atoms with Gasteiger partial charge in [0.05, 0.1) is 17.6 Å². The third-order valence-electron chi connectivity index (χ3n) is 5.58. The summed E-state index contributed by atoms with van der Waals surface area (Å²) in [5.74, 6) is 1.04. The highest BCUT2D eigenvalue weighted by Gasteiger charge is 2.48. The predicted molar refractivity (Wildman–Crippen MR) is 79.4 cm³/mol. The molecule has 3 unspecified atom stereocenters. The zero-order valence-corrected chi connectivity index (χ0v) is 12.9. The summed E-state index contributed by atoms with van der Waals surface area (Å²) in [5.41, 5.74) is -0.194. The number of rotatable bonds is 2.